The fourth-order valence-corrected chi connectivity index (χ4v) is 1.78. The van der Waals surface area contributed by atoms with Gasteiger partial charge < -0.3 is 19.7 Å². The SMILES string of the molecule is COc1ccc(N(C(N)=O)c2cc(C)on2)c(OC)c1. The van der Waals surface area contributed by atoms with Crippen molar-refractivity contribution in [2.24, 2.45) is 5.73 Å². The Morgan fingerprint density at radius 1 is 1.30 bits per heavy atom. The van der Waals surface area contributed by atoms with Gasteiger partial charge in [-0.25, -0.2) is 9.69 Å². The van der Waals surface area contributed by atoms with Gasteiger partial charge in [-0.1, -0.05) is 5.16 Å². The number of urea groups is 1. The van der Waals surface area contributed by atoms with Gasteiger partial charge in [-0.2, -0.15) is 0 Å². The number of rotatable bonds is 4. The van der Waals surface area contributed by atoms with Gasteiger partial charge in [0.05, 0.1) is 19.9 Å². The van der Waals surface area contributed by atoms with Crippen molar-refractivity contribution >= 4 is 17.5 Å². The molecule has 7 heteroatoms. The second kappa shape index (κ2) is 5.52. The molecule has 0 fully saturated rings. The van der Waals surface area contributed by atoms with Gasteiger partial charge in [0, 0.05) is 12.1 Å². The topological polar surface area (TPSA) is 90.8 Å². The first-order valence-electron chi connectivity index (χ1n) is 5.81. The van der Waals surface area contributed by atoms with E-state index in [4.69, 9.17) is 19.7 Å². The summed E-state index contributed by atoms with van der Waals surface area (Å²) in [5.74, 6) is 1.90. The number of primary amides is 1. The van der Waals surface area contributed by atoms with Gasteiger partial charge in [-0.15, -0.1) is 0 Å². The van der Waals surface area contributed by atoms with Crippen molar-refractivity contribution in [3.05, 3.63) is 30.0 Å². The van der Waals surface area contributed by atoms with E-state index >= 15 is 0 Å². The quantitative estimate of drug-likeness (QED) is 0.925. The molecule has 106 valence electrons. The van der Waals surface area contributed by atoms with E-state index in [1.165, 1.54) is 12.0 Å². The number of carbonyl (C=O) groups is 1. The molecule has 1 aromatic heterocycles. The minimum atomic E-state index is -0.693. The largest absolute Gasteiger partial charge is 0.497 e. The van der Waals surface area contributed by atoms with Gasteiger partial charge in [-0.05, 0) is 19.1 Å². The summed E-state index contributed by atoms with van der Waals surface area (Å²) in [6.07, 6.45) is 0. The summed E-state index contributed by atoms with van der Waals surface area (Å²) < 4.78 is 15.3. The number of hydrogen-bond acceptors (Lipinski definition) is 5. The third-order valence-electron chi connectivity index (χ3n) is 2.69. The van der Waals surface area contributed by atoms with Crippen LogP contribution < -0.4 is 20.1 Å². The van der Waals surface area contributed by atoms with Crippen LogP contribution in [0.2, 0.25) is 0 Å². The minimum absolute atomic E-state index is 0.290. The van der Waals surface area contributed by atoms with Gasteiger partial charge in [0.15, 0.2) is 5.82 Å². The van der Waals surface area contributed by atoms with E-state index in [2.05, 4.69) is 5.16 Å². The Morgan fingerprint density at radius 2 is 2.05 bits per heavy atom. The first kappa shape index (κ1) is 13.7. The van der Waals surface area contributed by atoms with Gasteiger partial charge in [0.2, 0.25) is 0 Å². The van der Waals surface area contributed by atoms with Crippen LogP contribution in [-0.4, -0.2) is 25.4 Å². The number of aryl methyl sites for hydroxylation is 1. The van der Waals surface area contributed by atoms with E-state index in [0.717, 1.165) is 0 Å². The highest BCUT2D eigenvalue weighted by Gasteiger charge is 2.22. The number of nitrogens with two attached hydrogens (primary N) is 1. The summed E-state index contributed by atoms with van der Waals surface area (Å²) >= 11 is 0. The summed E-state index contributed by atoms with van der Waals surface area (Å²) in [6, 6.07) is 5.92. The van der Waals surface area contributed by atoms with E-state index in [0.29, 0.717) is 28.8 Å². The number of ether oxygens (including phenoxy) is 2. The van der Waals surface area contributed by atoms with Crippen molar-refractivity contribution in [1.29, 1.82) is 0 Å². The smallest absolute Gasteiger partial charge is 0.325 e. The van der Waals surface area contributed by atoms with Crippen LogP contribution in [0.15, 0.2) is 28.8 Å². The molecular formula is C13H15N3O4. The van der Waals surface area contributed by atoms with Gasteiger partial charge >= 0.3 is 6.03 Å². The van der Waals surface area contributed by atoms with Crippen LogP contribution in [0.25, 0.3) is 0 Å². The molecule has 0 unspecified atom stereocenters. The third kappa shape index (κ3) is 2.51. The third-order valence-corrected chi connectivity index (χ3v) is 2.69. The van der Waals surface area contributed by atoms with Crippen molar-refractivity contribution in [2.75, 3.05) is 19.1 Å². The molecule has 0 saturated carbocycles. The van der Waals surface area contributed by atoms with Crippen molar-refractivity contribution in [3.63, 3.8) is 0 Å². The molecule has 0 aliphatic rings. The van der Waals surface area contributed by atoms with Crippen molar-refractivity contribution in [1.82, 2.24) is 5.16 Å². The summed E-state index contributed by atoms with van der Waals surface area (Å²) in [4.78, 5) is 12.9. The molecule has 0 aliphatic carbocycles. The van der Waals surface area contributed by atoms with Gasteiger partial charge in [0.1, 0.15) is 17.3 Å². The van der Waals surface area contributed by atoms with Gasteiger partial charge in [-0.3, -0.25) is 0 Å². The molecule has 2 N–H and O–H groups in total. The predicted octanol–water partition coefficient (Wildman–Crippen LogP) is 2.22. The molecule has 7 nitrogen and oxygen atoms in total. The Balaban J connectivity index is 2.52. The van der Waals surface area contributed by atoms with E-state index in [1.807, 2.05) is 0 Å². The van der Waals surface area contributed by atoms with E-state index in [-0.39, 0.29) is 0 Å². The van der Waals surface area contributed by atoms with Crippen LogP contribution in [0, 0.1) is 6.92 Å². The van der Waals surface area contributed by atoms with Crippen LogP contribution in [0.4, 0.5) is 16.3 Å². The molecule has 0 radical (unpaired) electrons. The highest BCUT2D eigenvalue weighted by Crippen LogP contribution is 2.36. The van der Waals surface area contributed by atoms with Crippen molar-refractivity contribution in [2.45, 2.75) is 6.92 Å². The number of methoxy groups -OCH3 is 2. The highest BCUT2D eigenvalue weighted by atomic mass is 16.5. The molecule has 0 aliphatic heterocycles. The van der Waals surface area contributed by atoms with E-state index in [9.17, 15) is 4.79 Å². The van der Waals surface area contributed by atoms with Crippen LogP contribution >= 0.6 is 0 Å². The molecule has 1 heterocycles. The Morgan fingerprint density at radius 3 is 2.55 bits per heavy atom. The molecule has 2 aromatic rings. The molecule has 20 heavy (non-hydrogen) atoms. The number of hydrogen-bond donors (Lipinski definition) is 1. The summed E-state index contributed by atoms with van der Waals surface area (Å²) in [6.45, 7) is 1.72. The highest BCUT2D eigenvalue weighted by molar-refractivity contribution is 5.99. The van der Waals surface area contributed by atoms with Gasteiger partial charge in [0.25, 0.3) is 0 Å². The van der Waals surface area contributed by atoms with E-state index in [1.54, 1.807) is 38.3 Å². The maximum Gasteiger partial charge on any atom is 0.325 e. The average molecular weight is 277 g/mol. The van der Waals surface area contributed by atoms with Crippen molar-refractivity contribution < 1.29 is 18.8 Å². The Bertz CT molecular complexity index is 624. The van der Waals surface area contributed by atoms with Crippen LogP contribution in [0.1, 0.15) is 5.76 Å². The molecule has 1 aromatic carbocycles. The zero-order valence-corrected chi connectivity index (χ0v) is 11.4. The maximum atomic E-state index is 11.7. The number of nitrogens with zero attached hydrogens (tertiary/aromatic N) is 2. The Labute approximate surface area is 115 Å². The lowest BCUT2D eigenvalue weighted by atomic mass is 10.2. The van der Waals surface area contributed by atoms with E-state index < -0.39 is 6.03 Å². The summed E-state index contributed by atoms with van der Waals surface area (Å²) in [5.41, 5.74) is 5.88. The number of anilines is 2. The van der Waals surface area contributed by atoms with Crippen LogP contribution in [0.3, 0.4) is 0 Å². The van der Waals surface area contributed by atoms with Crippen LogP contribution in [-0.2, 0) is 0 Å². The molecular weight excluding hydrogens is 262 g/mol. The lowest BCUT2D eigenvalue weighted by Crippen LogP contribution is -2.32. The number of aromatic nitrogens is 1. The lowest BCUT2D eigenvalue weighted by Gasteiger charge is -2.20. The fourth-order valence-electron chi connectivity index (χ4n) is 1.78. The monoisotopic (exact) mass is 277 g/mol. The summed E-state index contributed by atoms with van der Waals surface area (Å²) in [7, 11) is 3.03. The molecule has 0 spiro atoms. The average Bonchev–Trinajstić information content (AvgIpc) is 2.85. The number of benzene rings is 1. The second-order valence-electron chi connectivity index (χ2n) is 4.01. The molecule has 0 atom stereocenters. The van der Waals surface area contributed by atoms with Crippen LogP contribution in [0.5, 0.6) is 11.5 Å². The standard InChI is InChI=1S/C13H15N3O4/c1-8-6-12(15-20-8)16(13(14)17)10-5-4-9(18-2)7-11(10)19-3/h4-7H,1-3H3,(H2,14,17). The molecule has 2 rings (SSSR count). The minimum Gasteiger partial charge on any atom is -0.497 e. The Kier molecular flexibility index (Phi) is 3.79. The normalized spacial score (nSPS) is 10.2. The zero-order chi connectivity index (χ0) is 14.7. The predicted molar refractivity (Wildman–Crippen MR) is 72.5 cm³/mol. The Hall–Kier alpha value is -2.70. The first-order chi connectivity index (χ1) is 9.56. The lowest BCUT2D eigenvalue weighted by molar-refractivity contribution is 0.255. The first-order valence-corrected chi connectivity index (χ1v) is 5.81. The zero-order valence-electron chi connectivity index (χ0n) is 11.4. The fraction of sp³-hybridized carbons (Fsp3) is 0.231. The summed E-state index contributed by atoms with van der Waals surface area (Å²) in [5, 5.41) is 3.80. The number of carbonyl (C=O) groups excluding carboxylic acids is 1. The molecule has 0 saturated heterocycles. The van der Waals surface area contributed by atoms with Crippen molar-refractivity contribution in [3.8, 4) is 11.5 Å². The molecule has 0 bridgehead atoms. The maximum absolute atomic E-state index is 11.7. The number of amides is 2. The molecule has 2 amide bonds. The second-order valence-corrected chi connectivity index (χ2v) is 4.01.